The summed E-state index contributed by atoms with van der Waals surface area (Å²) in [5, 5.41) is 5.24. The Morgan fingerprint density at radius 2 is 1.88 bits per heavy atom. The molecular formula is C31H27NOS. The van der Waals surface area contributed by atoms with Crippen molar-refractivity contribution in [1.29, 1.82) is 0 Å². The van der Waals surface area contributed by atoms with Crippen molar-refractivity contribution >= 4 is 40.6 Å². The van der Waals surface area contributed by atoms with Gasteiger partial charge in [-0.2, -0.15) is 0 Å². The molecule has 3 aromatic rings. The van der Waals surface area contributed by atoms with E-state index in [4.69, 9.17) is 0 Å². The molecule has 0 radical (unpaired) electrons. The fourth-order valence-electron chi connectivity index (χ4n) is 5.05. The average molecular weight is 462 g/mol. The van der Waals surface area contributed by atoms with Gasteiger partial charge in [0.15, 0.2) is 0 Å². The molecule has 0 aromatic heterocycles. The summed E-state index contributed by atoms with van der Waals surface area (Å²) in [4.78, 5) is 4.96. The van der Waals surface area contributed by atoms with E-state index in [9.17, 15) is 4.21 Å². The second-order valence-corrected chi connectivity index (χ2v) is 9.47. The number of allylic oxidation sites excluding steroid dienone is 1. The molecule has 1 aliphatic heterocycles. The van der Waals surface area contributed by atoms with Crippen LogP contribution in [0.4, 0.5) is 0 Å². The molecule has 0 N–H and O–H groups in total. The van der Waals surface area contributed by atoms with Crippen LogP contribution in [0, 0.1) is 23.3 Å². The molecule has 3 aromatic carbocycles. The first-order valence-electron chi connectivity index (χ1n) is 11.7. The Labute approximate surface area is 203 Å². The standard InChI is InChI=1S/C21H18OS.C10H9N/c1-3-14-11-20-15(12-21(14)23-22)7-8-18-17-6-4-5-13(2)16(17)9-10-19(18)20;1-2-4-10-6-8-11-7-5-9(10)3-1/h3-9,12,14H,1,10-11H2,2H3;1-5,7-8H,6H2. The molecule has 1 unspecified atom stereocenters. The monoisotopic (exact) mass is 461 g/mol. The predicted molar refractivity (Wildman–Crippen MR) is 145 cm³/mol. The van der Waals surface area contributed by atoms with Crippen LogP contribution in [0.1, 0.15) is 27.8 Å². The van der Waals surface area contributed by atoms with E-state index >= 15 is 0 Å². The van der Waals surface area contributed by atoms with Gasteiger partial charge in [0, 0.05) is 24.8 Å². The summed E-state index contributed by atoms with van der Waals surface area (Å²) in [6, 6.07) is 19.3. The second kappa shape index (κ2) is 9.74. The van der Waals surface area contributed by atoms with E-state index in [0.717, 1.165) is 24.1 Å². The van der Waals surface area contributed by atoms with Crippen molar-refractivity contribution in [3.05, 3.63) is 122 Å². The molecule has 3 aliphatic rings. The lowest BCUT2D eigenvalue weighted by Crippen LogP contribution is -2.28. The molecule has 3 heteroatoms. The molecule has 1 atom stereocenters. The van der Waals surface area contributed by atoms with E-state index in [1.54, 1.807) is 0 Å². The number of fused-ring (bicyclic) bond motifs is 5. The first-order valence-corrected chi connectivity index (χ1v) is 12.4. The molecule has 168 valence electrons. The van der Waals surface area contributed by atoms with Gasteiger partial charge in [-0.3, -0.25) is 4.99 Å². The maximum atomic E-state index is 11.3. The van der Waals surface area contributed by atoms with Crippen LogP contribution in [-0.4, -0.2) is 15.3 Å². The Kier molecular flexibility index (Phi) is 6.37. The third-order valence-corrected chi connectivity index (χ3v) is 7.48. The molecule has 0 bridgehead atoms. The van der Waals surface area contributed by atoms with E-state index in [0.29, 0.717) is 11.3 Å². The summed E-state index contributed by atoms with van der Waals surface area (Å²) < 4.78 is 11.3. The van der Waals surface area contributed by atoms with Gasteiger partial charge in [0.25, 0.3) is 0 Å². The number of nitrogens with zero attached hydrogens (tertiary/aromatic N) is 1. The van der Waals surface area contributed by atoms with E-state index in [1.807, 2.05) is 24.6 Å². The highest BCUT2D eigenvalue weighted by molar-refractivity contribution is 7.67. The van der Waals surface area contributed by atoms with Crippen LogP contribution in [-0.2, 0) is 30.5 Å². The maximum absolute atomic E-state index is 11.3. The Morgan fingerprint density at radius 1 is 1.00 bits per heavy atom. The fourth-order valence-corrected chi connectivity index (χ4v) is 5.53. The zero-order chi connectivity index (χ0) is 23.5. The summed E-state index contributed by atoms with van der Waals surface area (Å²) in [7, 11) is 0. The highest BCUT2D eigenvalue weighted by Gasteiger charge is 2.20. The molecule has 0 saturated heterocycles. The van der Waals surface area contributed by atoms with Crippen LogP contribution in [0.25, 0.3) is 18.2 Å². The van der Waals surface area contributed by atoms with Gasteiger partial charge >= 0.3 is 0 Å². The normalized spacial score (nSPS) is 16.7. The fraction of sp³-hybridized carbons (Fsp3) is 0.161. The Morgan fingerprint density at radius 3 is 2.74 bits per heavy atom. The van der Waals surface area contributed by atoms with E-state index < -0.39 is 0 Å². The summed E-state index contributed by atoms with van der Waals surface area (Å²) in [6.45, 7) is 6.09. The molecule has 6 rings (SSSR count). The van der Waals surface area contributed by atoms with Crippen molar-refractivity contribution < 1.29 is 4.21 Å². The van der Waals surface area contributed by atoms with Crippen molar-refractivity contribution in [3.8, 4) is 0 Å². The number of rotatable bonds is 1. The smallest absolute Gasteiger partial charge is 0.0927 e. The first-order chi connectivity index (χ1) is 16.7. The third-order valence-electron chi connectivity index (χ3n) is 6.87. The molecule has 0 spiro atoms. The summed E-state index contributed by atoms with van der Waals surface area (Å²) in [6.07, 6.45) is 14.9. The lowest BCUT2D eigenvalue weighted by Gasteiger charge is -2.21. The van der Waals surface area contributed by atoms with Gasteiger partial charge in [-0.15, -0.1) is 6.58 Å². The third kappa shape index (κ3) is 4.20. The lowest BCUT2D eigenvalue weighted by molar-refractivity contribution is 0.700. The van der Waals surface area contributed by atoms with E-state index in [-0.39, 0.29) is 5.92 Å². The molecule has 34 heavy (non-hydrogen) atoms. The number of aryl methyl sites for hydroxylation is 1. The minimum atomic E-state index is 0.149. The quantitative estimate of drug-likeness (QED) is 0.390. The Bertz CT molecular complexity index is 1620. The van der Waals surface area contributed by atoms with Gasteiger partial charge in [-0.05, 0) is 80.6 Å². The SMILES string of the molecule is C1=Cc2ccccc2CC=N1.C=CC1Cc2c3c(ccc2=CC1=S=O)=c1cccc(C)c1=CC3. The first kappa shape index (κ1) is 22.2. The number of benzene rings is 3. The molecule has 1 heterocycles. The predicted octanol–water partition coefficient (Wildman–Crippen LogP) is 4.43. The van der Waals surface area contributed by atoms with Crippen molar-refractivity contribution in [2.45, 2.75) is 26.2 Å². The largest absolute Gasteiger partial charge is 0.269 e. The van der Waals surface area contributed by atoms with Crippen LogP contribution in [0.5, 0.6) is 0 Å². The maximum Gasteiger partial charge on any atom is 0.0927 e. The highest BCUT2D eigenvalue weighted by atomic mass is 32.1. The zero-order valence-electron chi connectivity index (χ0n) is 19.3. The number of aliphatic imine (C=N–C) groups is 1. The molecular weight excluding hydrogens is 434 g/mol. The molecule has 0 saturated carbocycles. The highest BCUT2D eigenvalue weighted by Crippen LogP contribution is 2.21. The Hall–Kier alpha value is -3.56. The number of hydrogen-bond acceptors (Lipinski definition) is 2. The van der Waals surface area contributed by atoms with Crippen LogP contribution in [0.15, 0.2) is 78.4 Å². The van der Waals surface area contributed by atoms with E-state index in [2.05, 4.69) is 85.2 Å². The zero-order valence-corrected chi connectivity index (χ0v) is 20.1. The van der Waals surface area contributed by atoms with Crippen LogP contribution in [0.3, 0.4) is 0 Å². The van der Waals surface area contributed by atoms with Crippen LogP contribution < -0.4 is 10.4 Å². The van der Waals surface area contributed by atoms with Gasteiger partial charge in [0.1, 0.15) is 0 Å². The van der Waals surface area contributed by atoms with Crippen molar-refractivity contribution in [2.75, 3.05) is 0 Å². The second-order valence-electron chi connectivity index (χ2n) is 8.83. The lowest BCUT2D eigenvalue weighted by atomic mass is 9.83. The summed E-state index contributed by atoms with van der Waals surface area (Å²) in [5.74, 6) is 0.149. The van der Waals surface area contributed by atoms with Gasteiger partial charge in [0.05, 0.1) is 16.1 Å². The molecule has 2 aliphatic carbocycles. The minimum absolute atomic E-state index is 0.149. The molecule has 0 amide bonds. The van der Waals surface area contributed by atoms with Gasteiger partial charge in [0.2, 0.25) is 0 Å². The Balaban J connectivity index is 0.000000183. The van der Waals surface area contributed by atoms with Crippen molar-refractivity contribution in [1.82, 2.24) is 0 Å². The van der Waals surface area contributed by atoms with E-state index in [1.165, 1.54) is 48.7 Å². The van der Waals surface area contributed by atoms with Gasteiger partial charge in [-0.25, -0.2) is 4.21 Å². The average Bonchev–Trinajstić information content (AvgIpc) is 3.13. The van der Waals surface area contributed by atoms with Crippen LogP contribution >= 0.6 is 0 Å². The van der Waals surface area contributed by atoms with Gasteiger partial charge < -0.3 is 0 Å². The molecule has 2 nitrogen and oxygen atoms in total. The minimum Gasteiger partial charge on any atom is -0.269 e. The van der Waals surface area contributed by atoms with Crippen molar-refractivity contribution in [2.24, 2.45) is 10.9 Å². The summed E-state index contributed by atoms with van der Waals surface area (Å²) >= 11 is 0.602. The van der Waals surface area contributed by atoms with Gasteiger partial charge in [-0.1, -0.05) is 66.7 Å². The molecule has 0 fully saturated rings. The van der Waals surface area contributed by atoms with Crippen LogP contribution in [0.2, 0.25) is 0 Å². The topological polar surface area (TPSA) is 29.4 Å². The van der Waals surface area contributed by atoms with Crippen molar-refractivity contribution in [3.63, 3.8) is 0 Å². The summed E-state index contributed by atoms with van der Waals surface area (Å²) in [5.41, 5.74) is 6.77. The number of hydrogen-bond donors (Lipinski definition) is 0.